The molecule has 172 valence electrons. The van der Waals surface area contributed by atoms with E-state index in [0.29, 0.717) is 29.4 Å². The van der Waals surface area contributed by atoms with Crippen LogP contribution in [0.2, 0.25) is 0 Å². The van der Waals surface area contributed by atoms with E-state index >= 15 is 0 Å². The number of aliphatic carboxylic acids is 1. The van der Waals surface area contributed by atoms with E-state index in [0.717, 1.165) is 11.8 Å². The van der Waals surface area contributed by atoms with Crippen LogP contribution >= 0.6 is 0 Å². The number of hydrogen-bond donors (Lipinski definition) is 1. The zero-order chi connectivity index (χ0) is 23.6. The molecule has 2 aromatic rings. The Morgan fingerprint density at radius 3 is 2.28 bits per heavy atom. The second kappa shape index (κ2) is 11.6. The van der Waals surface area contributed by atoms with Crippen molar-refractivity contribution in [2.45, 2.75) is 26.4 Å². The molecule has 8 nitrogen and oxygen atoms in total. The molecule has 8 heteroatoms. The van der Waals surface area contributed by atoms with Crippen LogP contribution in [0.1, 0.15) is 26.3 Å². The Morgan fingerprint density at radius 1 is 0.969 bits per heavy atom. The lowest BCUT2D eigenvalue weighted by atomic mass is 10.1. The predicted molar refractivity (Wildman–Crippen MR) is 118 cm³/mol. The molecule has 0 bridgehead atoms. The molecule has 0 saturated carbocycles. The number of esters is 1. The molecule has 0 unspecified atom stereocenters. The summed E-state index contributed by atoms with van der Waals surface area (Å²) < 4.78 is 27.3. The minimum absolute atomic E-state index is 0.0126. The molecule has 1 N–H and O–H groups in total. The lowest BCUT2D eigenvalue weighted by molar-refractivity contribution is -0.160. The van der Waals surface area contributed by atoms with Crippen molar-refractivity contribution in [3.05, 3.63) is 54.1 Å². The van der Waals surface area contributed by atoms with E-state index in [1.165, 1.54) is 13.2 Å². The highest BCUT2D eigenvalue weighted by Crippen LogP contribution is 2.28. The summed E-state index contributed by atoms with van der Waals surface area (Å²) >= 11 is 0. The van der Waals surface area contributed by atoms with E-state index in [9.17, 15) is 9.59 Å². The van der Waals surface area contributed by atoms with Crippen molar-refractivity contribution in [3.63, 3.8) is 0 Å². The van der Waals surface area contributed by atoms with E-state index in [2.05, 4.69) is 0 Å². The molecule has 0 spiro atoms. The van der Waals surface area contributed by atoms with Gasteiger partial charge in [-0.2, -0.15) is 0 Å². The fraction of sp³-hybridized carbons (Fsp3) is 0.333. The number of carboxylic acids is 1. The molecule has 0 heterocycles. The van der Waals surface area contributed by atoms with Gasteiger partial charge >= 0.3 is 11.9 Å². The Kier molecular flexibility index (Phi) is 8.95. The van der Waals surface area contributed by atoms with Crippen LogP contribution in [0.15, 0.2) is 48.5 Å². The number of methoxy groups -OCH3 is 1. The Morgan fingerprint density at radius 2 is 1.66 bits per heavy atom. The SMILES string of the molecule is CCOc1ccc(OC(C)(C)C(=O)OCCOc2ccc(/C=C/C(=O)O)cc2OC)cc1. The van der Waals surface area contributed by atoms with Gasteiger partial charge in [0.15, 0.2) is 17.1 Å². The van der Waals surface area contributed by atoms with Crippen molar-refractivity contribution < 1.29 is 38.4 Å². The van der Waals surface area contributed by atoms with Crippen LogP contribution in [0, 0.1) is 0 Å². The van der Waals surface area contributed by atoms with E-state index in [-0.39, 0.29) is 13.2 Å². The Hall–Kier alpha value is -3.68. The summed E-state index contributed by atoms with van der Waals surface area (Å²) in [6.07, 6.45) is 2.48. The van der Waals surface area contributed by atoms with Crippen molar-refractivity contribution in [1.82, 2.24) is 0 Å². The van der Waals surface area contributed by atoms with E-state index in [4.69, 9.17) is 28.8 Å². The molecule has 0 radical (unpaired) electrons. The average Bonchev–Trinajstić information content (AvgIpc) is 2.76. The third-order valence-electron chi connectivity index (χ3n) is 4.18. The lowest BCUT2D eigenvalue weighted by Crippen LogP contribution is -2.40. The molecule has 2 rings (SSSR count). The molecule has 0 aliphatic rings. The summed E-state index contributed by atoms with van der Waals surface area (Å²) in [4.78, 5) is 23.1. The van der Waals surface area contributed by atoms with Gasteiger partial charge in [-0.25, -0.2) is 9.59 Å². The first kappa shape index (κ1) is 24.6. The van der Waals surface area contributed by atoms with Gasteiger partial charge in [0.05, 0.1) is 13.7 Å². The van der Waals surface area contributed by atoms with Crippen molar-refractivity contribution in [3.8, 4) is 23.0 Å². The summed E-state index contributed by atoms with van der Waals surface area (Å²) in [6.45, 7) is 5.83. The molecule has 0 aliphatic carbocycles. The first-order chi connectivity index (χ1) is 15.2. The van der Waals surface area contributed by atoms with E-state index in [1.54, 1.807) is 56.3 Å². The summed E-state index contributed by atoms with van der Waals surface area (Å²) in [6, 6.07) is 12.0. The second-order valence-corrected chi connectivity index (χ2v) is 7.08. The van der Waals surface area contributed by atoms with Crippen molar-refractivity contribution >= 4 is 18.0 Å². The number of carbonyl (C=O) groups is 2. The number of hydrogen-bond acceptors (Lipinski definition) is 7. The number of carbonyl (C=O) groups excluding carboxylic acids is 1. The lowest BCUT2D eigenvalue weighted by Gasteiger charge is -2.24. The number of ether oxygens (including phenoxy) is 5. The van der Waals surface area contributed by atoms with Gasteiger partial charge in [-0.1, -0.05) is 6.07 Å². The maximum atomic E-state index is 12.4. The van der Waals surface area contributed by atoms with Gasteiger partial charge in [0.2, 0.25) is 0 Å². The van der Waals surface area contributed by atoms with Crippen molar-refractivity contribution in [1.29, 1.82) is 0 Å². The Balaban J connectivity index is 1.85. The highest BCUT2D eigenvalue weighted by molar-refractivity contribution is 5.85. The third-order valence-corrected chi connectivity index (χ3v) is 4.18. The molecule has 0 amide bonds. The molecule has 0 aliphatic heterocycles. The standard InChI is InChI=1S/C24H28O8/c1-5-29-18-8-10-19(11-9-18)32-24(2,3)23(27)31-15-14-30-20-12-6-17(7-13-22(25)26)16-21(20)28-4/h6-13,16H,5,14-15H2,1-4H3,(H,25,26)/b13-7+. The highest BCUT2D eigenvalue weighted by Gasteiger charge is 2.32. The van der Waals surface area contributed by atoms with E-state index < -0.39 is 17.5 Å². The molecule has 0 atom stereocenters. The normalized spacial score (nSPS) is 11.1. The van der Waals surface area contributed by atoms with Gasteiger partial charge in [-0.3, -0.25) is 0 Å². The van der Waals surface area contributed by atoms with E-state index in [1.807, 2.05) is 6.92 Å². The van der Waals surface area contributed by atoms with Gasteiger partial charge in [-0.05, 0) is 68.8 Å². The largest absolute Gasteiger partial charge is 0.494 e. The maximum absolute atomic E-state index is 12.4. The Labute approximate surface area is 187 Å². The average molecular weight is 444 g/mol. The summed E-state index contributed by atoms with van der Waals surface area (Å²) in [5.41, 5.74) is -0.542. The summed E-state index contributed by atoms with van der Waals surface area (Å²) in [7, 11) is 1.48. The van der Waals surface area contributed by atoms with Crippen LogP contribution in [0.25, 0.3) is 6.08 Å². The zero-order valence-electron chi connectivity index (χ0n) is 18.6. The van der Waals surface area contributed by atoms with Crippen LogP contribution in [-0.4, -0.2) is 49.6 Å². The fourth-order valence-corrected chi connectivity index (χ4v) is 2.64. The minimum Gasteiger partial charge on any atom is -0.494 e. The first-order valence-electron chi connectivity index (χ1n) is 10.1. The molecule has 2 aromatic carbocycles. The number of benzene rings is 2. The first-order valence-corrected chi connectivity index (χ1v) is 10.1. The maximum Gasteiger partial charge on any atom is 0.350 e. The molecular formula is C24H28O8. The Bertz CT molecular complexity index is 932. The number of carboxylic acid groups (broad SMARTS) is 1. The zero-order valence-corrected chi connectivity index (χ0v) is 18.6. The smallest absolute Gasteiger partial charge is 0.350 e. The van der Waals surface area contributed by atoms with Crippen LogP contribution in [0.4, 0.5) is 0 Å². The van der Waals surface area contributed by atoms with Crippen molar-refractivity contribution in [2.75, 3.05) is 26.9 Å². The second-order valence-electron chi connectivity index (χ2n) is 7.08. The molecule has 0 fully saturated rings. The summed E-state index contributed by atoms with van der Waals surface area (Å²) in [5, 5.41) is 8.72. The van der Waals surface area contributed by atoms with Gasteiger partial charge in [0.25, 0.3) is 0 Å². The molecule has 32 heavy (non-hydrogen) atoms. The van der Waals surface area contributed by atoms with Crippen molar-refractivity contribution in [2.24, 2.45) is 0 Å². The van der Waals surface area contributed by atoms with Gasteiger partial charge < -0.3 is 28.8 Å². The molecular weight excluding hydrogens is 416 g/mol. The van der Waals surface area contributed by atoms with Crippen LogP contribution < -0.4 is 18.9 Å². The van der Waals surface area contributed by atoms with Gasteiger partial charge in [-0.15, -0.1) is 0 Å². The molecule has 0 saturated heterocycles. The van der Waals surface area contributed by atoms with Gasteiger partial charge in [0, 0.05) is 6.08 Å². The minimum atomic E-state index is -1.19. The van der Waals surface area contributed by atoms with Gasteiger partial charge in [0.1, 0.15) is 24.7 Å². The fourth-order valence-electron chi connectivity index (χ4n) is 2.64. The molecule has 0 aromatic heterocycles. The number of rotatable bonds is 12. The monoisotopic (exact) mass is 444 g/mol. The predicted octanol–water partition coefficient (Wildman–Crippen LogP) is 3.97. The van der Waals surface area contributed by atoms with Crippen LogP contribution in [0.5, 0.6) is 23.0 Å². The quantitative estimate of drug-likeness (QED) is 0.298. The topological polar surface area (TPSA) is 101 Å². The highest BCUT2D eigenvalue weighted by atomic mass is 16.6. The summed E-state index contributed by atoms with van der Waals surface area (Å²) in [5.74, 6) is 0.549. The third kappa shape index (κ3) is 7.54. The van der Waals surface area contributed by atoms with Crippen LogP contribution in [-0.2, 0) is 14.3 Å². The van der Waals surface area contributed by atoms with Crippen LogP contribution in [0.3, 0.4) is 0 Å².